The molecule has 2 N–H and O–H groups in total. The van der Waals surface area contributed by atoms with Crippen LogP contribution < -0.4 is 10.0 Å². The van der Waals surface area contributed by atoms with Gasteiger partial charge in [0.15, 0.2) is 0 Å². The van der Waals surface area contributed by atoms with Gasteiger partial charge in [-0.05, 0) is 44.6 Å². The Morgan fingerprint density at radius 1 is 1.37 bits per heavy atom. The summed E-state index contributed by atoms with van der Waals surface area (Å²) in [5.74, 6) is -0.471. The van der Waals surface area contributed by atoms with Gasteiger partial charge >= 0.3 is 10.2 Å². The summed E-state index contributed by atoms with van der Waals surface area (Å²) in [6.45, 7) is 2.85. The van der Waals surface area contributed by atoms with Crippen LogP contribution in [0.1, 0.15) is 12.0 Å². The molecule has 0 bridgehead atoms. The molecule has 0 aliphatic carbocycles. The Balaban J connectivity index is 2.75. The second kappa shape index (κ2) is 6.83. The number of benzene rings is 1. The van der Waals surface area contributed by atoms with Crippen LogP contribution in [0.5, 0.6) is 0 Å². The van der Waals surface area contributed by atoms with Gasteiger partial charge in [-0.2, -0.15) is 12.7 Å². The van der Waals surface area contributed by atoms with Crippen molar-refractivity contribution in [1.82, 2.24) is 9.62 Å². The molecule has 0 saturated heterocycles. The Hall–Kier alpha value is -1.18. The Labute approximate surface area is 114 Å². The lowest BCUT2D eigenvalue weighted by molar-refractivity contribution is 0.462. The highest BCUT2D eigenvalue weighted by Gasteiger charge is 2.18. The van der Waals surface area contributed by atoms with Crippen LogP contribution in [0, 0.1) is 12.7 Å². The van der Waals surface area contributed by atoms with Crippen LogP contribution in [0.15, 0.2) is 18.2 Å². The number of halogens is 1. The van der Waals surface area contributed by atoms with Crippen molar-refractivity contribution in [3.63, 3.8) is 0 Å². The third-order valence-corrected chi connectivity index (χ3v) is 4.23. The fourth-order valence-corrected chi connectivity index (χ4v) is 2.54. The first-order valence-corrected chi connectivity index (χ1v) is 7.45. The van der Waals surface area contributed by atoms with E-state index in [-0.39, 0.29) is 5.69 Å². The van der Waals surface area contributed by atoms with Crippen molar-refractivity contribution in [2.75, 3.05) is 31.9 Å². The standard InChI is InChI=1S/C12H20FN3O2S/c1-10-5-6-11(13)9-12(10)15-19(17,18)16(3)8-4-7-14-2/h5-6,9,14-15H,4,7-8H2,1-3H3. The summed E-state index contributed by atoms with van der Waals surface area (Å²) in [5, 5.41) is 2.95. The zero-order valence-electron chi connectivity index (χ0n) is 11.4. The molecule has 0 aromatic heterocycles. The molecule has 0 saturated carbocycles. The predicted molar refractivity (Wildman–Crippen MR) is 74.9 cm³/mol. The fraction of sp³-hybridized carbons (Fsp3) is 0.500. The van der Waals surface area contributed by atoms with Gasteiger partial charge in [-0.3, -0.25) is 4.72 Å². The van der Waals surface area contributed by atoms with E-state index in [1.54, 1.807) is 6.92 Å². The molecular formula is C12H20FN3O2S. The average Bonchev–Trinajstić information content (AvgIpc) is 2.33. The Morgan fingerprint density at radius 3 is 2.68 bits per heavy atom. The van der Waals surface area contributed by atoms with E-state index in [0.29, 0.717) is 18.5 Å². The van der Waals surface area contributed by atoms with Crippen molar-refractivity contribution in [3.8, 4) is 0 Å². The summed E-state index contributed by atoms with van der Waals surface area (Å²) in [5.41, 5.74) is 0.939. The molecule has 5 nitrogen and oxygen atoms in total. The summed E-state index contributed by atoms with van der Waals surface area (Å²) in [4.78, 5) is 0. The van der Waals surface area contributed by atoms with Crippen molar-refractivity contribution in [2.24, 2.45) is 0 Å². The Kier molecular flexibility index (Phi) is 5.71. The molecule has 1 aromatic rings. The summed E-state index contributed by atoms with van der Waals surface area (Å²) < 4.78 is 40.8. The van der Waals surface area contributed by atoms with Crippen molar-refractivity contribution >= 4 is 15.9 Å². The van der Waals surface area contributed by atoms with Crippen LogP contribution in [0.25, 0.3) is 0 Å². The highest BCUT2D eigenvalue weighted by atomic mass is 32.2. The van der Waals surface area contributed by atoms with Crippen molar-refractivity contribution < 1.29 is 12.8 Å². The van der Waals surface area contributed by atoms with E-state index in [4.69, 9.17) is 0 Å². The first-order chi connectivity index (χ1) is 8.86. The summed E-state index contributed by atoms with van der Waals surface area (Å²) in [7, 11) is -0.343. The number of hydrogen-bond acceptors (Lipinski definition) is 3. The molecule has 7 heteroatoms. The zero-order valence-corrected chi connectivity index (χ0v) is 12.2. The average molecular weight is 289 g/mol. The number of hydrogen-bond donors (Lipinski definition) is 2. The quantitative estimate of drug-likeness (QED) is 0.745. The number of rotatable bonds is 7. The van der Waals surface area contributed by atoms with Gasteiger partial charge in [0.05, 0.1) is 5.69 Å². The minimum atomic E-state index is -3.64. The second-order valence-corrected chi connectivity index (χ2v) is 6.12. The SMILES string of the molecule is CNCCCN(C)S(=O)(=O)Nc1cc(F)ccc1C. The maximum absolute atomic E-state index is 13.1. The van der Waals surface area contributed by atoms with Gasteiger partial charge in [-0.15, -0.1) is 0 Å². The number of aryl methyl sites for hydroxylation is 1. The molecule has 0 fully saturated rings. The molecule has 0 unspecified atom stereocenters. The van der Waals surface area contributed by atoms with Gasteiger partial charge in [0.1, 0.15) is 5.82 Å². The van der Waals surface area contributed by atoms with Crippen LogP contribution in [0.3, 0.4) is 0 Å². The molecule has 0 aliphatic rings. The third kappa shape index (κ3) is 4.77. The van der Waals surface area contributed by atoms with E-state index in [1.807, 2.05) is 7.05 Å². The van der Waals surface area contributed by atoms with Crippen molar-refractivity contribution in [2.45, 2.75) is 13.3 Å². The molecule has 108 valence electrons. The monoisotopic (exact) mass is 289 g/mol. The van der Waals surface area contributed by atoms with E-state index in [9.17, 15) is 12.8 Å². The van der Waals surface area contributed by atoms with Gasteiger partial charge in [-0.1, -0.05) is 6.07 Å². The highest BCUT2D eigenvalue weighted by molar-refractivity contribution is 7.90. The Bertz CT molecular complexity index is 520. The van der Waals surface area contributed by atoms with Crippen LogP contribution in [0.2, 0.25) is 0 Å². The van der Waals surface area contributed by atoms with Gasteiger partial charge in [0.25, 0.3) is 0 Å². The first-order valence-electron chi connectivity index (χ1n) is 6.01. The molecular weight excluding hydrogens is 269 g/mol. The minimum absolute atomic E-state index is 0.264. The molecule has 0 radical (unpaired) electrons. The molecule has 0 amide bonds. The summed E-state index contributed by atoms with van der Waals surface area (Å²) >= 11 is 0. The Morgan fingerprint density at radius 2 is 2.05 bits per heavy atom. The lowest BCUT2D eigenvalue weighted by atomic mass is 10.2. The van der Waals surface area contributed by atoms with Crippen molar-refractivity contribution in [3.05, 3.63) is 29.6 Å². The van der Waals surface area contributed by atoms with E-state index in [1.165, 1.54) is 29.6 Å². The van der Waals surface area contributed by atoms with Crippen LogP contribution in [-0.2, 0) is 10.2 Å². The molecule has 1 rings (SSSR count). The third-order valence-electron chi connectivity index (χ3n) is 2.75. The van der Waals surface area contributed by atoms with Crippen LogP contribution in [-0.4, -0.2) is 39.9 Å². The molecule has 0 aliphatic heterocycles. The van der Waals surface area contributed by atoms with E-state index in [2.05, 4.69) is 10.0 Å². The molecule has 0 atom stereocenters. The smallest absolute Gasteiger partial charge is 0.301 e. The van der Waals surface area contributed by atoms with Gasteiger partial charge in [0, 0.05) is 13.6 Å². The molecule has 1 aromatic carbocycles. The summed E-state index contributed by atoms with van der Waals surface area (Å²) in [6.07, 6.45) is 0.704. The molecule has 0 heterocycles. The normalized spacial score (nSPS) is 11.8. The second-order valence-electron chi connectivity index (χ2n) is 4.34. The largest absolute Gasteiger partial charge is 0.320 e. The lowest BCUT2D eigenvalue weighted by Gasteiger charge is -2.19. The van der Waals surface area contributed by atoms with Gasteiger partial charge in [-0.25, -0.2) is 4.39 Å². The topological polar surface area (TPSA) is 61.4 Å². The zero-order chi connectivity index (χ0) is 14.5. The molecule has 0 spiro atoms. The number of nitrogens with zero attached hydrogens (tertiary/aromatic N) is 1. The maximum atomic E-state index is 13.1. The maximum Gasteiger partial charge on any atom is 0.301 e. The van der Waals surface area contributed by atoms with Gasteiger partial charge < -0.3 is 5.32 Å². The predicted octanol–water partition coefficient (Wildman–Crippen LogP) is 1.33. The summed E-state index contributed by atoms with van der Waals surface area (Å²) in [6, 6.07) is 4.01. The van der Waals surface area contributed by atoms with E-state index >= 15 is 0 Å². The van der Waals surface area contributed by atoms with E-state index in [0.717, 1.165) is 6.54 Å². The molecule has 19 heavy (non-hydrogen) atoms. The number of nitrogens with one attached hydrogen (secondary N) is 2. The minimum Gasteiger partial charge on any atom is -0.320 e. The fourth-order valence-electron chi connectivity index (χ4n) is 1.52. The van der Waals surface area contributed by atoms with Crippen LogP contribution in [0.4, 0.5) is 10.1 Å². The highest BCUT2D eigenvalue weighted by Crippen LogP contribution is 2.18. The van der Waals surface area contributed by atoms with Gasteiger partial charge in [0.2, 0.25) is 0 Å². The first kappa shape index (κ1) is 15.9. The van der Waals surface area contributed by atoms with Crippen LogP contribution >= 0.6 is 0 Å². The number of anilines is 1. The lowest BCUT2D eigenvalue weighted by Crippen LogP contribution is -2.34. The van der Waals surface area contributed by atoms with E-state index < -0.39 is 16.0 Å². The van der Waals surface area contributed by atoms with Crippen molar-refractivity contribution in [1.29, 1.82) is 0 Å².